The molecule has 3 rings (SSSR count). The van der Waals surface area contributed by atoms with Crippen molar-refractivity contribution >= 4 is 16.8 Å². The highest BCUT2D eigenvalue weighted by Gasteiger charge is 2.33. The second kappa shape index (κ2) is 8.11. The van der Waals surface area contributed by atoms with Gasteiger partial charge in [0, 0.05) is 17.2 Å². The van der Waals surface area contributed by atoms with Gasteiger partial charge in [0.25, 0.3) is 0 Å². The van der Waals surface area contributed by atoms with Gasteiger partial charge in [-0.1, -0.05) is 48.5 Å². The maximum absolute atomic E-state index is 12.2. The van der Waals surface area contributed by atoms with E-state index in [1.54, 1.807) is 0 Å². The van der Waals surface area contributed by atoms with Crippen LogP contribution in [0.2, 0.25) is 0 Å². The van der Waals surface area contributed by atoms with Crippen molar-refractivity contribution in [3.8, 4) is 0 Å². The van der Waals surface area contributed by atoms with Gasteiger partial charge >= 0.3 is 6.03 Å². The molecule has 1 aliphatic rings. The first-order valence-corrected chi connectivity index (χ1v) is 9.58. The van der Waals surface area contributed by atoms with Crippen molar-refractivity contribution < 1.29 is 9.00 Å². The summed E-state index contributed by atoms with van der Waals surface area (Å²) >= 11 is 0. The molecule has 2 N–H and O–H groups in total. The van der Waals surface area contributed by atoms with E-state index in [1.807, 2.05) is 60.7 Å². The van der Waals surface area contributed by atoms with E-state index in [0.29, 0.717) is 18.2 Å². The maximum Gasteiger partial charge on any atom is 0.315 e. The van der Waals surface area contributed by atoms with E-state index < -0.39 is 10.8 Å². The minimum Gasteiger partial charge on any atom is -0.337 e. The Morgan fingerprint density at radius 1 is 1.04 bits per heavy atom. The number of amides is 2. The molecule has 2 aromatic rings. The Morgan fingerprint density at radius 3 is 2.29 bits per heavy atom. The van der Waals surface area contributed by atoms with Crippen molar-refractivity contribution in [3.63, 3.8) is 0 Å². The van der Waals surface area contributed by atoms with Gasteiger partial charge in [-0.3, -0.25) is 4.21 Å². The zero-order valence-corrected chi connectivity index (χ0v) is 14.3. The maximum atomic E-state index is 12.2. The Bertz CT molecular complexity index is 687. The topological polar surface area (TPSA) is 58.2 Å². The lowest BCUT2D eigenvalue weighted by atomic mass is 10.0. The van der Waals surface area contributed by atoms with Crippen LogP contribution >= 0.6 is 0 Å². The molecule has 0 heterocycles. The largest absolute Gasteiger partial charge is 0.337 e. The first kappa shape index (κ1) is 16.7. The van der Waals surface area contributed by atoms with E-state index in [9.17, 15) is 9.00 Å². The van der Waals surface area contributed by atoms with Crippen LogP contribution in [0.4, 0.5) is 4.79 Å². The first-order chi connectivity index (χ1) is 11.7. The SMILES string of the molecule is O=C(NCC[S@](=O)c1ccccc1)N[C@@H](c1ccccc1)C1CC1. The molecule has 1 fully saturated rings. The third-order valence-corrected chi connectivity index (χ3v) is 5.49. The van der Waals surface area contributed by atoms with Gasteiger partial charge in [0.2, 0.25) is 0 Å². The highest BCUT2D eigenvalue weighted by Crippen LogP contribution is 2.40. The summed E-state index contributed by atoms with van der Waals surface area (Å²) in [5.74, 6) is 0.938. The van der Waals surface area contributed by atoms with Crippen molar-refractivity contribution in [2.75, 3.05) is 12.3 Å². The molecular formula is C19H22N2O2S. The number of carbonyl (C=O) groups is 1. The minimum absolute atomic E-state index is 0.0609. The summed E-state index contributed by atoms with van der Waals surface area (Å²) < 4.78 is 12.1. The van der Waals surface area contributed by atoms with Crippen LogP contribution in [-0.2, 0) is 10.8 Å². The Morgan fingerprint density at radius 2 is 1.67 bits per heavy atom. The molecule has 24 heavy (non-hydrogen) atoms. The molecule has 126 valence electrons. The number of carbonyl (C=O) groups excluding carboxylic acids is 1. The zero-order chi connectivity index (χ0) is 16.8. The van der Waals surface area contributed by atoms with Crippen molar-refractivity contribution in [1.29, 1.82) is 0 Å². The molecule has 0 aromatic heterocycles. The Kier molecular flexibility index (Phi) is 5.64. The summed E-state index contributed by atoms with van der Waals surface area (Å²) in [6, 6.07) is 19.2. The van der Waals surface area contributed by atoms with E-state index in [2.05, 4.69) is 10.6 Å². The Hall–Kier alpha value is -2.14. The van der Waals surface area contributed by atoms with Crippen LogP contribution in [0, 0.1) is 5.92 Å². The molecule has 2 atom stereocenters. The average Bonchev–Trinajstić information content (AvgIpc) is 3.46. The molecule has 0 spiro atoms. The molecule has 0 saturated heterocycles. The number of benzene rings is 2. The van der Waals surface area contributed by atoms with E-state index in [-0.39, 0.29) is 12.1 Å². The standard InChI is InChI=1S/C19H22N2O2S/c22-19(20-13-14-24(23)17-9-5-2-6-10-17)21-18(16-11-12-16)15-7-3-1-4-8-15/h1-10,16,18H,11-14H2,(H2,20,21,22)/t18-,24-/m0/s1. The number of urea groups is 1. The summed E-state index contributed by atoms with van der Waals surface area (Å²) in [5, 5.41) is 5.88. The van der Waals surface area contributed by atoms with Crippen molar-refractivity contribution in [2.45, 2.75) is 23.8 Å². The van der Waals surface area contributed by atoms with Gasteiger partial charge in [-0.2, -0.15) is 0 Å². The third-order valence-electron chi connectivity index (χ3n) is 4.12. The van der Waals surface area contributed by atoms with Crippen LogP contribution in [0.25, 0.3) is 0 Å². The van der Waals surface area contributed by atoms with Crippen LogP contribution < -0.4 is 10.6 Å². The molecule has 0 bridgehead atoms. The summed E-state index contributed by atoms with van der Waals surface area (Å²) in [4.78, 5) is 12.9. The summed E-state index contributed by atoms with van der Waals surface area (Å²) in [6.07, 6.45) is 2.30. The smallest absolute Gasteiger partial charge is 0.315 e. The van der Waals surface area contributed by atoms with Crippen LogP contribution in [0.5, 0.6) is 0 Å². The van der Waals surface area contributed by atoms with Gasteiger partial charge in [-0.25, -0.2) is 4.79 Å². The van der Waals surface area contributed by atoms with Gasteiger partial charge in [0.15, 0.2) is 0 Å². The highest BCUT2D eigenvalue weighted by molar-refractivity contribution is 7.85. The predicted octanol–water partition coefficient (Wildman–Crippen LogP) is 3.24. The number of rotatable bonds is 7. The lowest BCUT2D eigenvalue weighted by molar-refractivity contribution is 0.236. The second-order valence-electron chi connectivity index (χ2n) is 5.99. The first-order valence-electron chi connectivity index (χ1n) is 8.27. The van der Waals surface area contributed by atoms with Crippen LogP contribution in [0.15, 0.2) is 65.6 Å². The summed E-state index contributed by atoms with van der Waals surface area (Å²) in [6.45, 7) is 0.388. The van der Waals surface area contributed by atoms with E-state index in [0.717, 1.165) is 23.3 Å². The molecule has 0 radical (unpaired) electrons. The van der Waals surface area contributed by atoms with Gasteiger partial charge in [-0.05, 0) is 36.5 Å². The minimum atomic E-state index is -1.09. The fourth-order valence-electron chi connectivity index (χ4n) is 2.70. The van der Waals surface area contributed by atoms with E-state index in [1.165, 1.54) is 0 Å². The van der Waals surface area contributed by atoms with Crippen LogP contribution in [0.3, 0.4) is 0 Å². The summed E-state index contributed by atoms with van der Waals surface area (Å²) in [7, 11) is -1.09. The fourth-order valence-corrected chi connectivity index (χ4v) is 3.69. The molecule has 0 unspecified atom stereocenters. The lowest BCUT2D eigenvalue weighted by Gasteiger charge is -2.19. The molecule has 0 aliphatic heterocycles. The Labute approximate surface area is 145 Å². The number of hydrogen-bond donors (Lipinski definition) is 2. The second-order valence-corrected chi connectivity index (χ2v) is 7.56. The van der Waals surface area contributed by atoms with Crippen molar-refractivity contribution in [2.24, 2.45) is 5.92 Å². The van der Waals surface area contributed by atoms with Gasteiger partial charge in [0.05, 0.1) is 16.8 Å². The summed E-state index contributed by atoms with van der Waals surface area (Å²) in [5.41, 5.74) is 1.14. The van der Waals surface area contributed by atoms with Gasteiger partial charge in [0.1, 0.15) is 0 Å². The van der Waals surface area contributed by atoms with Gasteiger partial charge < -0.3 is 10.6 Å². The number of hydrogen-bond acceptors (Lipinski definition) is 2. The fraction of sp³-hybridized carbons (Fsp3) is 0.316. The molecule has 1 aliphatic carbocycles. The molecule has 5 heteroatoms. The van der Waals surface area contributed by atoms with E-state index >= 15 is 0 Å². The molecule has 1 saturated carbocycles. The monoisotopic (exact) mass is 342 g/mol. The van der Waals surface area contributed by atoms with Gasteiger partial charge in [-0.15, -0.1) is 0 Å². The molecule has 4 nitrogen and oxygen atoms in total. The lowest BCUT2D eigenvalue weighted by Crippen LogP contribution is -2.40. The van der Waals surface area contributed by atoms with Crippen LogP contribution in [-0.4, -0.2) is 22.5 Å². The predicted molar refractivity (Wildman–Crippen MR) is 96.2 cm³/mol. The highest BCUT2D eigenvalue weighted by atomic mass is 32.2. The Balaban J connectivity index is 1.47. The van der Waals surface area contributed by atoms with Crippen molar-refractivity contribution in [3.05, 3.63) is 66.2 Å². The van der Waals surface area contributed by atoms with Crippen LogP contribution in [0.1, 0.15) is 24.4 Å². The molecule has 2 aromatic carbocycles. The number of nitrogens with one attached hydrogen (secondary N) is 2. The average molecular weight is 342 g/mol. The molecule has 2 amide bonds. The van der Waals surface area contributed by atoms with Crippen molar-refractivity contribution in [1.82, 2.24) is 10.6 Å². The molecular weight excluding hydrogens is 320 g/mol. The third kappa shape index (κ3) is 4.68. The van der Waals surface area contributed by atoms with E-state index in [4.69, 9.17) is 0 Å². The zero-order valence-electron chi connectivity index (χ0n) is 13.5. The normalized spacial score (nSPS) is 16.2. The quantitative estimate of drug-likeness (QED) is 0.811.